The molecule has 0 saturated carbocycles. The van der Waals surface area contributed by atoms with E-state index < -0.39 is 5.25 Å². The van der Waals surface area contributed by atoms with Gasteiger partial charge < -0.3 is 20.1 Å². The number of carbonyl (C=O) groups excluding carboxylic acids is 3. The first kappa shape index (κ1) is 28.1. The molecule has 2 N–H and O–H groups in total. The maximum absolute atomic E-state index is 13.1. The van der Waals surface area contributed by atoms with E-state index in [1.807, 2.05) is 12.1 Å². The third kappa shape index (κ3) is 7.12. The monoisotopic (exact) mass is 574 g/mol. The molecule has 1 aliphatic rings. The fourth-order valence-corrected chi connectivity index (χ4v) is 7.26. The number of nitrogens with one attached hydrogen (secondary N) is 2. The molecule has 2 heterocycles. The summed E-state index contributed by atoms with van der Waals surface area (Å²) in [6.45, 7) is 3.82. The highest BCUT2D eigenvalue weighted by Crippen LogP contribution is 2.39. The fraction of sp³-hybridized carbons (Fsp3) is 0.423. The lowest BCUT2D eigenvalue weighted by atomic mass is 10.1. The van der Waals surface area contributed by atoms with Gasteiger partial charge in [-0.1, -0.05) is 41.7 Å². The molecule has 0 spiro atoms. The second-order valence-electron chi connectivity index (χ2n) is 8.68. The van der Waals surface area contributed by atoms with Gasteiger partial charge in [0.05, 0.1) is 31.0 Å². The van der Waals surface area contributed by atoms with Crippen LogP contribution in [0.4, 0.5) is 10.1 Å². The number of carbonyl (C=O) groups is 3. The Morgan fingerprint density at radius 3 is 2.55 bits per heavy atom. The normalized spacial score (nSPS) is 13.7. The molecule has 0 aliphatic heterocycles. The quantitative estimate of drug-likeness (QED) is 0.144. The minimum atomic E-state index is -0.497. The first-order valence-corrected chi connectivity index (χ1v) is 14.9. The van der Waals surface area contributed by atoms with Crippen molar-refractivity contribution in [1.29, 1.82) is 0 Å². The van der Waals surface area contributed by atoms with Crippen molar-refractivity contribution in [3.8, 4) is 5.75 Å². The maximum atomic E-state index is 13.1. The summed E-state index contributed by atoms with van der Waals surface area (Å²) in [7, 11) is 1.59. The van der Waals surface area contributed by atoms with Crippen LogP contribution in [-0.2, 0) is 33.6 Å². The van der Waals surface area contributed by atoms with Crippen LogP contribution < -0.4 is 15.4 Å². The van der Waals surface area contributed by atoms with Gasteiger partial charge in [0, 0.05) is 4.88 Å². The summed E-state index contributed by atoms with van der Waals surface area (Å²) in [6, 6.07) is 7.27. The number of aromatic nitrogens is 2. The number of anilines is 2. The van der Waals surface area contributed by atoms with Gasteiger partial charge in [0.15, 0.2) is 4.34 Å². The number of hydrogen-bond donors (Lipinski definition) is 2. The third-order valence-electron chi connectivity index (χ3n) is 5.96. The number of methoxy groups -OCH3 is 1. The lowest BCUT2D eigenvalue weighted by Gasteiger charge is -2.11. The smallest absolute Gasteiger partial charge is 0.341 e. The summed E-state index contributed by atoms with van der Waals surface area (Å²) in [5.41, 5.74) is 2.36. The van der Waals surface area contributed by atoms with Gasteiger partial charge in [-0.2, -0.15) is 0 Å². The van der Waals surface area contributed by atoms with E-state index in [0.29, 0.717) is 20.0 Å². The first-order chi connectivity index (χ1) is 18.4. The van der Waals surface area contributed by atoms with E-state index in [-0.39, 0.29) is 30.8 Å². The summed E-state index contributed by atoms with van der Waals surface area (Å²) < 4.78 is 11.0. The Balaban J connectivity index is 1.36. The van der Waals surface area contributed by atoms with E-state index >= 15 is 0 Å². The lowest BCUT2D eigenvalue weighted by molar-refractivity contribution is -0.116. The van der Waals surface area contributed by atoms with Crippen LogP contribution in [0.1, 0.15) is 59.5 Å². The molecular weight excluding hydrogens is 545 g/mol. The summed E-state index contributed by atoms with van der Waals surface area (Å²) >= 11 is 3.93. The molecule has 3 aromatic rings. The highest BCUT2D eigenvalue weighted by atomic mass is 32.2. The highest BCUT2D eigenvalue weighted by Gasteiger charge is 2.28. The van der Waals surface area contributed by atoms with Crippen molar-refractivity contribution in [2.45, 2.75) is 62.0 Å². The number of esters is 1. The molecule has 0 saturated heterocycles. The van der Waals surface area contributed by atoms with Crippen LogP contribution in [0.15, 0.2) is 28.6 Å². The molecule has 0 bridgehead atoms. The van der Waals surface area contributed by atoms with E-state index in [1.54, 1.807) is 33.1 Å². The highest BCUT2D eigenvalue weighted by molar-refractivity contribution is 8.02. The Hall–Kier alpha value is -2.96. The van der Waals surface area contributed by atoms with Gasteiger partial charge in [0.2, 0.25) is 16.9 Å². The number of hydrogen-bond acceptors (Lipinski definition) is 10. The van der Waals surface area contributed by atoms with Crippen molar-refractivity contribution >= 4 is 62.4 Å². The molecule has 1 aromatic carbocycles. The minimum Gasteiger partial charge on any atom is -0.497 e. The van der Waals surface area contributed by atoms with Crippen molar-refractivity contribution in [2.75, 3.05) is 24.4 Å². The molecule has 0 fully saturated rings. The van der Waals surface area contributed by atoms with Crippen molar-refractivity contribution in [3.05, 3.63) is 45.8 Å². The van der Waals surface area contributed by atoms with Crippen molar-refractivity contribution in [2.24, 2.45) is 0 Å². The van der Waals surface area contributed by atoms with Crippen LogP contribution in [0.25, 0.3) is 0 Å². The Morgan fingerprint density at radius 1 is 1.05 bits per heavy atom. The molecular formula is C26H30N4O5S3. The first-order valence-electron chi connectivity index (χ1n) is 12.4. The zero-order chi connectivity index (χ0) is 27.1. The Morgan fingerprint density at radius 2 is 1.82 bits per heavy atom. The Labute approximate surface area is 233 Å². The van der Waals surface area contributed by atoms with Crippen LogP contribution in [-0.4, -0.2) is 46.9 Å². The van der Waals surface area contributed by atoms with Crippen LogP contribution in [0.2, 0.25) is 0 Å². The molecule has 1 atom stereocenters. The molecule has 9 nitrogen and oxygen atoms in total. The third-order valence-corrected chi connectivity index (χ3v) is 9.19. The zero-order valence-electron chi connectivity index (χ0n) is 21.5. The van der Waals surface area contributed by atoms with Gasteiger partial charge >= 0.3 is 5.97 Å². The molecule has 1 aliphatic carbocycles. The van der Waals surface area contributed by atoms with Crippen LogP contribution in [0.5, 0.6) is 5.75 Å². The molecule has 1 unspecified atom stereocenters. The summed E-state index contributed by atoms with van der Waals surface area (Å²) in [5.74, 6) is -0.110. The van der Waals surface area contributed by atoms with Crippen LogP contribution in [0, 0.1) is 0 Å². The SMILES string of the molecule is CCOC(=O)c1c(NC(=O)C(C)Sc2nnc(NC(=O)Cc3ccc(OC)cc3)s2)sc2c1CCCCC2. The maximum Gasteiger partial charge on any atom is 0.341 e. The molecule has 202 valence electrons. The Bertz CT molecular complexity index is 1290. The number of thioether (sulfide) groups is 1. The van der Waals surface area contributed by atoms with Crippen LogP contribution in [0.3, 0.4) is 0 Å². The van der Waals surface area contributed by atoms with E-state index in [9.17, 15) is 14.4 Å². The van der Waals surface area contributed by atoms with Gasteiger partial charge in [-0.15, -0.1) is 21.5 Å². The van der Waals surface area contributed by atoms with Crippen molar-refractivity contribution < 1.29 is 23.9 Å². The number of thiophene rings is 1. The molecule has 38 heavy (non-hydrogen) atoms. The second-order valence-corrected chi connectivity index (χ2v) is 12.4. The molecule has 2 amide bonds. The number of fused-ring (bicyclic) bond motifs is 1. The number of benzene rings is 1. The average Bonchev–Trinajstić information content (AvgIpc) is 3.40. The summed E-state index contributed by atoms with van der Waals surface area (Å²) in [5, 5.41) is 14.3. The number of amides is 2. The largest absolute Gasteiger partial charge is 0.497 e. The zero-order valence-corrected chi connectivity index (χ0v) is 23.9. The minimum absolute atomic E-state index is 0.193. The molecule has 4 rings (SSSR count). The predicted molar refractivity (Wildman–Crippen MR) is 151 cm³/mol. The van der Waals surface area contributed by atoms with Crippen molar-refractivity contribution in [1.82, 2.24) is 10.2 Å². The van der Waals surface area contributed by atoms with E-state index in [0.717, 1.165) is 53.9 Å². The lowest BCUT2D eigenvalue weighted by Crippen LogP contribution is -2.23. The van der Waals surface area contributed by atoms with Gasteiger partial charge in [-0.3, -0.25) is 9.59 Å². The van der Waals surface area contributed by atoms with E-state index in [2.05, 4.69) is 20.8 Å². The van der Waals surface area contributed by atoms with Gasteiger partial charge in [-0.25, -0.2) is 4.79 Å². The number of aryl methyl sites for hydroxylation is 1. The fourth-order valence-electron chi connectivity index (χ4n) is 4.07. The van der Waals surface area contributed by atoms with Gasteiger partial charge in [-0.05, 0) is 62.8 Å². The van der Waals surface area contributed by atoms with Crippen molar-refractivity contribution in [3.63, 3.8) is 0 Å². The topological polar surface area (TPSA) is 120 Å². The predicted octanol–water partition coefficient (Wildman–Crippen LogP) is 5.35. The standard InChI is InChI=1S/C26H30N4O5S3/c1-4-35-24(33)21-18-8-6-5-7-9-19(18)37-23(21)28-22(32)15(2)36-26-30-29-25(38-26)27-20(31)14-16-10-12-17(34-3)13-11-16/h10-13,15H,4-9,14H2,1-3H3,(H,28,32)(H,27,29,31). The van der Waals surface area contributed by atoms with E-state index in [4.69, 9.17) is 9.47 Å². The van der Waals surface area contributed by atoms with E-state index in [1.165, 1.54) is 34.4 Å². The molecule has 12 heteroatoms. The average molecular weight is 575 g/mol. The number of nitrogens with zero attached hydrogens (tertiary/aromatic N) is 2. The summed E-state index contributed by atoms with van der Waals surface area (Å²) in [4.78, 5) is 39.4. The summed E-state index contributed by atoms with van der Waals surface area (Å²) in [6.07, 6.45) is 5.14. The molecule has 2 aromatic heterocycles. The van der Waals surface area contributed by atoms with Gasteiger partial charge in [0.25, 0.3) is 0 Å². The second kappa shape index (κ2) is 13.2. The van der Waals surface area contributed by atoms with Crippen LogP contribution >= 0.6 is 34.4 Å². The van der Waals surface area contributed by atoms with Gasteiger partial charge in [0.1, 0.15) is 10.8 Å². The number of ether oxygens (including phenoxy) is 2. The number of rotatable bonds is 10. The molecule has 0 radical (unpaired) electrons. The Kier molecular flexibility index (Phi) is 9.75.